The van der Waals surface area contributed by atoms with Crippen LogP contribution in [0, 0.1) is 5.92 Å². The molecule has 0 radical (unpaired) electrons. The van der Waals surface area contributed by atoms with Gasteiger partial charge < -0.3 is 5.32 Å². The Morgan fingerprint density at radius 3 is 2.96 bits per heavy atom. The molecule has 2 N–H and O–H groups in total. The molecule has 4 rings (SSSR count). The lowest BCUT2D eigenvalue weighted by Crippen LogP contribution is -2.42. The van der Waals surface area contributed by atoms with Crippen LogP contribution in [0.4, 0.5) is 0 Å². The highest BCUT2D eigenvalue weighted by Crippen LogP contribution is 2.15. The van der Waals surface area contributed by atoms with E-state index in [0.29, 0.717) is 11.4 Å². The van der Waals surface area contributed by atoms with Crippen LogP contribution in [0.5, 0.6) is 0 Å². The van der Waals surface area contributed by atoms with Crippen LogP contribution >= 0.6 is 0 Å². The molecule has 24 heavy (non-hydrogen) atoms. The molecular weight excluding hydrogens is 304 g/mol. The third-order valence-corrected chi connectivity index (χ3v) is 4.36. The Kier molecular flexibility index (Phi) is 3.92. The van der Waals surface area contributed by atoms with Gasteiger partial charge in [-0.05, 0) is 37.9 Å². The van der Waals surface area contributed by atoms with E-state index in [4.69, 9.17) is 0 Å². The van der Waals surface area contributed by atoms with E-state index in [1.54, 1.807) is 18.6 Å². The number of H-pyrrole nitrogens is 1. The summed E-state index contributed by atoms with van der Waals surface area (Å²) in [6, 6.07) is 5.54. The Hall–Kier alpha value is -2.80. The maximum atomic E-state index is 12.6. The Labute approximate surface area is 138 Å². The van der Waals surface area contributed by atoms with Gasteiger partial charge in [-0.15, -0.1) is 0 Å². The number of aryl methyl sites for hydroxylation is 1. The number of hydrogen-bond acceptors (Lipinski definition) is 5. The first-order chi connectivity index (χ1) is 11.8. The Morgan fingerprint density at radius 1 is 1.29 bits per heavy atom. The van der Waals surface area contributed by atoms with Crippen LogP contribution in [0.3, 0.4) is 0 Å². The summed E-state index contributed by atoms with van der Waals surface area (Å²) in [4.78, 5) is 25.2. The van der Waals surface area contributed by atoms with E-state index in [1.807, 2.05) is 18.2 Å². The largest absolute Gasteiger partial charge is 0.316 e. The minimum Gasteiger partial charge on any atom is -0.316 e. The predicted octanol–water partition coefficient (Wildman–Crippen LogP) is 1.17. The molecule has 3 aromatic rings. The molecule has 1 fully saturated rings. The van der Waals surface area contributed by atoms with Crippen molar-refractivity contribution in [2.24, 2.45) is 5.92 Å². The summed E-state index contributed by atoms with van der Waals surface area (Å²) in [6.07, 6.45) is 8.55. The van der Waals surface area contributed by atoms with Crippen LogP contribution in [0.1, 0.15) is 12.1 Å². The average molecular weight is 322 g/mol. The van der Waals surface area contributed by atoms with E-state index in [0.717, 1.165) is 43.1 Å². The van der Waals surface area contributed by atoms with Crippen molar-refractivity contribution in [1.82, 2.24) is 30.0 Å². The summed E-state index contributed by atoms with van der Waals surface area (Å²) in [5.74, 6) is 1.29. The number of rotatable bonds is 5. The first-order valence-electron chi connectivity index (χ1n) is 8.04. The van der Waals surface area contributed by atoms with Gasteiger partial charge in [0.1, 0.15) is 6.33 Å². The van der Waals surface area contributed by atoms with Gasteiger partial charge in [-0.2, -0.15) is 0 Å². The van der Waals surface area contributed by atoms with E-state index in [9.17, 15) is 4.79 Å². The number of aromatic nitrogens is 5. The first kappa shape index (κ1) is 14.8. The van der Waals surface area contributed by atoms with Crippen LogP contribution in [-0.4, -0.2) is 37.8 Å². The molecule has 4 heterocycles. The molecule has 0 unspecified atom stereocenters. The zero-order valence-corrected chi connectivity index (χ0v) is 13.1. The predicted molar refractivity (Wildman–Crippen MR) is 89.9 cm³/mol. The van der Waals surface area contributed by atoms with Gasteiger partial charge in [-0.3, -0.25) is 14.9 Å². The van der Waals surface area contributed by atoms with Crippen molar-refractivity contribution < 1.29 is 0 Å². The van der Waals surface area contributed by atoms with Gasteiger partial charge in [0.2, 0.25) is 0 Å². The third-order valence-electron chi connectivity index (χ3n) is 4.36. The zero-order chi connectivity index (χ0) is 16.4. The highest BCUT2D eigenvalue weighted by Gasteiger charge is 2.17. The lowest BCUT2D eigenvalue weighted by Gasteiger charge is -2.26. The molecule has 0 spiro atoms. The van der Waals surface area contributed by atoms with E-state index in [1.165, 1.54) is 11.0 Å². The van der Waals surface area contributed by atoms with E-state index >= 15 is 0 Å². The first-order valence-corrected chi connectivity index (χ1v) is 8.04. The van der Waals surface area contributed by atoms with Gasteiger partial charge in [0, 0.05) is 35.9 Å². The number of pyridine rings is 1. The molecule has 0 amide bonds. The summed E-state index contributed by atoms with van der Waals surface area (Å²) in [5, 5.41) is 6.25. The fourth-order valence-electron chi connectivity index (χ4n) is 2.82. The van der Waals surface area contributed by atoms with Crippen LogP contribution in [0.15, 0.2) is 47.9 Å². The average Bonchev–Trinajstić information content (AvgIpc) is 2.96. The second-order valence-corrected chi connectivity index (χ2v) is 6.00. The van der Waals surface area contributed by atoms with Crippen LogP contribution in [0.25, 0.3) is 16.9 Å². The molecule has 7 heteroatoms. The van der Waals surface area contributed by atoms with Crippen molar-refractivity contribution in [2.75, 3.05) is 13.1 Å². The minimum absolute atomic E-state index is 0.143. The molecule has 1 saturated heterocycles. The smallest absolute Gasteiger partial charge is 0.280 e. The molecule has 0 aromatic carbocycles. The second kappa shape index (κ2) is 6.37. The van der Waals surface area contributed by atoms with E-state index in [-0.39, 0.29) is 5.56 Å². The van der Waals surface area contributed by atoms with Gasteiger partial charge in [-0.1, -0.05) is 6.07 Å². The van der Waals surface area contributed by atoms with Crippen molar-refractivity contribution >= 4 is 0 Å². The SMILES string of the molecule is O=c1c(-c2cccnc2)c[nH]n1-c1cc(CCC2CNC2)ncn1. The summed E-state index contributed by atoms with van der Waals surface area (Å²) in [7, 11) is 0. The van der Waals surface area contributed by atoms with Crippen molar-refractivity contribution in [3.8, 4) is 16.9 Å². The summed E-state index contributed by atoms with van der Waals surface area (Å²) >= 11 is 0. The van der Waals surface area contributed by atoms with Crippen LogP contribution in [0.2, 0.25) is 0 Å². The van der Waals surface area contributed by atoms with Crippen LogP contribution < -0.4 is 10.9 Å². The highest BCUT2D eigenvalue weighted by atomic mass is 16.1. The van der Waals surface area contributed by atoms with Crippen molar-refractivity contribution in [1.29, 1.82) is 0 Å². The lowest BCUT2D eigenvalue weighted by molar-refractivity contribution is 0.327. The standard InChI is InChI=1S/C17H18N6O/c24-17-15(13-2-1-5-18-9-13)10-22-23(17)16-6-14(20-11-21-16)4-3-12-7-19-8-12/h1-2,5-6,9-12,19,22H,3-4,7-8H2. The van der Waals surface area contributed by atoms with E-state index in [2.05, 4.69) is 25.4 Å². The number of aromatic amines is 1. The Bertz CT molecular complexity index is 881. The number of hydrogen-bond donors (Lipinski definition) is 2. The molecular formula is C17H18N6O. The molecule has 0 aliphatic carbocycles. The maximum Gasteiger partial charge on any atom is 0.280 e. The molecule has 1 aliphatic heterocycles. The summed E-state index contributed by atoms with van der Waals surface area (Å²) in [6.45, 7) is 2.17. The number of nitrogens with one attached hydrogen (secondary N) is 2. The topological polar surface area (TPSA) is 88.5 Å². The molecule has 3 aromatic heterocycles. The fraction of sp³-hybridized carbons (Fsp3) is 0.294. The summed E-state index contributed by atoms with van der Waals surface area (Å²) in [5.41, 5.74) is 2.17. The Balaban J connectivity index is 1.60. The molecule has 122 valence electrons. The van der Waals surface area contributed by atoms with Crippen LogP contribution in [-0.2, 0) is 6.42 Å². The third kappa shape index (κ3) is 2.85. The highest BCUT2D eigenvalue weighted by molar-refractivity contribution is 5.60. The quantitative estimate of drug-likeness (QED) is 0.736. The van der Waals surface area contributed by atoms with Gasteiger partial charge in [0.25, 0.3) is 5.56 Å². The molecule has 0 atom stereocenters. The molecule has 0 bridgehead atoms. The van der Waals surface area contributed by atoms with Gasteiger partial charge in [0.15, 0.2) is 5.82 Å². The normalized spacial score (nSPS) is 14.5. The van der Waals surface area contributed by atoms with Crippen molar-refractivity contribution in [3.63, 3.8) is 0 Å². The van der Waals surface area contributed by atoms with Crippen molar-refractivity contribution in [2.45, 2.75) is 12.8 Å². The minimum atomic E-state index is -0.143. The van der Waals surface area contributed by atoms with Gasteiger partial charge in [-0.25, -0.2) is 14.6 Å². The summed E-state index contributed by atoms with van der Waals surface area (Å²) < 4.78 is 1.44. The fourth-order valence-corrected chi connectivity index (χ4v) is 2.82. The molecule has 0 saturated carbocycles. The lowest BCUT2D eigenvalue weighted by atomic mass is 9.96. The second-order valence-electron chi connectivity index (χ2n) is 6.00. The van der Waals surface area contributed by atoms with Gasteiger partial charge >= 0.3 is 0 Å². The molecule has 7 nitrogen and oxygen atoms in total. The van der Waals surface area contributed by atoms with E-state index < -0.39 is 0 Å². The maximum absolute atomic E-state index is 12.6. The van der Waals surface area contributed by atoms with Gasteiger partial charge in [0.05, 0.1) is 5.56 Å². The molecule has 1 aliphatic rings. The number of nitrogens with zero attached hydrogens (tertiary/aromatic N) is 4. The Morgan fingerprint density at radius 2 is 2.21 bits per heavy atom. The monoisotopic (exact) mass is 322 g/mol. The van der Waals surface area contributed by atoms with Crippen molar-refractivity contribution in [3.05, 3.63) is 59.2 Å². The zero-order valence-electron chi connectivity index (χ0n) is 13.1.